The Morgan fingerprint density at radius 3 is 1.93 bits per heavy atom. The van der Waals surface area contributed by atoms with Crippen molar-refractivity contribution in [2.24, 2.45) is 11.1 Å². The standard InChI is InChI=1S/C7H12F3NO2.ClH/c1-6(2,5(12)13-3)4(11)7(8,9)10;/h4H,11H2,1-3H3;1H/t4-;/m0./s1. The molecule has 0 aromatic carbocycles. The first kappa shape index (κ1) is 16.0. The minimum absolute atomic E-state index is 0. The van der Waals surface area contributed by atoms with E-state index in [4.69, 9.17) is 5.73 Å². The molecule has 86 valence electrons. The number of halogens is 4. The van der Waals surface area contributed by atoms with Crippen molar-refractivity contribution in [2.45, 2.75) is 26.1 Å². The van der Waals surface area contributed by atoms with Crippen LogP contribution in [0, 0.1) is 5.41 Å². The van der Waals surface area contributed by atoms with Crippen LogP contribution in [-0.2, 0) is 9.53 Å². The van der Waals surface area contributed by atoms with Gasteiger partial charge < -0.3 is 10.5 Å². The molecule has 0 spiro atoms. The van der Waals surface area contributed by atoms with Gasteiger partial charge in [0.15, 0.2) is 0 Å². The zero-order valence-electron chi connectivity index (χ0n) is 8.01. The first-order valence-corrected chi connectivity index (χ1v) is 3.54. The summed E-state index contributed by atoms with van der Waals surface area (Å²) in [6, 6.07) is -2.22. The first-order valence-electron chi connectivity index (χ1n) is 3.54. The number of esters is 1. The molecule has 3 nitrogen and oxygen atoms in total. The second-order valence-electron chi connectivity index (χ2n) is 3.23. The fourth-order valence-electron chi connectivity index (χ4n) is 0.799. The lowest BCUT2D eigenvalue weighted by Crippen LogP contribution is -2.52. The number of carbonyl (C=O) groups is 1. The molecule has 14 heavy (non-hydrogen) atoms. The van der Waals surface area contributed by atoms with Gasteiger partial charge in [-0.15, -0.1) is 12.4 Å². The molecule has 0 aliphatic carbocycles. The van der Waals surface area contributed by atoms with E-state index in [0.717, 1.165) is 21.0 Å². The summed E-state index contributed by atoms with van der Waals surface area (Å²) in [5.74, 6) is -0.975. The molecule has 0 fully saturated rings. The fourth-order valence-corrected chi connectivity index (χ4v) is 0.799. The highest BCUT2D eigenvalue weighted by molar-refractivity contribution is 5.85. The summed E-state index contributed by atoms with van der Waals surface area (Å²) in [5.41, 5.74) is 3.12. The van der Waals surface area contributed by atoms with E-state index >= 15 is 0 Å². The monoisotopic (exact) mass is 235 g/mol. The van der Waals surface area contributed by atoms with Crippen LogP contribution in [0.15, 0.2) is 0 Å². The van der Waals surface area contributed by atoms with Crippen LogP contribution in [0.1, 0.15) is 13.8 Å². The van der Waals surface area contributed by atoms with Gasteiger partial charge in [-0.1, -0.05) is 0 Å². The van der Waals surface area contributed by atoms with Crippen LogP contribution < -0.4 is 5.73 Å². The highest BCUT2D eigenvalue weighted by atomic mass is 35.5. The van der Waals surface area contributed by atoms with Crippen LogP contribution in [0.4, 0.5) is 13.2 Å². The van der Waals surface area contributed by atoms with Crippen molar-refractivity contribution < 1.29 is 22.7 Å². The third kappa shape index (κ3) is 3.34. The molecule has 0 aromatic heterocycles. The predicted octanol–water partition coefficient (Wildman–Crippen LogP) is 1.50. The highest BCUT2D eigenvalue weighted by Gasteiger charge is 2.50. The minimum Gasteiger partial charge on any atom is -0.469 e. The number of ether oxygens (including phenoxy) is 1. The summed E-state index contributed by atoms with van der Waals surface area (Å²) in [7, 11) is 1.02. The molecule has 0 aromatic rings. The number of nitrogens with two attached hydrogens (primary N) is 1. The Morgan fingerprint density at radius 2 is 1.71 bits per heavy atom. The Hall–Kier alpha value is -0.490. The molecule has 0 saturated carbocycles. The second-order valence-corrected chi connectivity index (χ2v) is 3.23. The SMILES string of the molecule is COC(=O)C(C)(C)[C@H](N)C(F)(F)F.Cl. The van der Waals surface area contributed by atoms with Gasteiger partial charge in [0.1, 0.15) is 6.04 Å². The third-order valence-electron chi connectivity index (χ3n) is 1.84. The lowest BCUT2D eigenvalue weighted by atomic mass is 9.84. The number of methoxy groups -OCH3 is 1. The summed E-state index contributed by atoms with van der Waals surface area (Å²) < 4.78 is 40.5. The quantitative estimate of drug-likeness (QED) is 0.738. The van der Waals surface area contributed by atoms with E-state index in [-0.39, 0.29) is 12.4 Å². The summed E-state index contributed by atoms with van der Waals surface area (Å²) in [6.07, 6.45) is -4.60. The molecule has 1 atom stereocenters. The number of rotatable bonds is 2. The normalized spacial score (nSPS) is 14.2. The molecule has 0 bridgehead atoms. The molecule has 0 amide bonds. The molecule has 0 rings (SSSR count). The topological polar surface area (TPSA) is 52.3 Å². The Labute approximate surface area is 86.2 Å². The maximum atomic E-state index is 12.1. The van der Waals surface area contributed by atoms with Crippen molar-refractivity contribution in [3.05, 3.63) is 0 Å². The summed E-state index contributed by atoms with van der Waals surface area (Å²) in [6.45, 7) is 2.19. The van der Waals surface area contributed by atoms with E-state index in [0.29, 0.717) is 0 Å². The van der Waals surface area contributed by atoms with Crippen molar-refractivity contribution in [1.29, 1.82) is 0 Å². The molecule has 2 N–H and O–H groups in total. The molecule has 0 aliphatic heterocycles. The van der Waals surface area contributed by atoms with Gasteiger partial charge in [-0.3, -0.25) is 4.79 Å². The van der Waals surface area contributed by atoms with Crippen LogP contribution in [0.25, 0.3) is 0 Å². The van der Waals surface area contributed by atoms with Crippen molar-refractivity contribution in [2.75, 3.05) is 7.11 Å². The van der Waals surface area contributed by atoms with Gasteiger partial charge in [-0.2, -0.15) is 13.2 Å². The Morgan fingerprint density at radius 1 is 1.36 bits per heavy atom. The van der Waals surface area contributed by atoms with E-state index in [1.807, 2.05) is 0 Å². The maximum absolute atomic E-state index is 12.1. The van der Waals surface area contributed by atoms with Gasteiger partial charge in [0, 0.05) is 0 Å². The summed E-state index contributed by atoms with van der Waals surface area (Å²) in [4.78, 5) is 10.9. The molecule has 0 aliphatic rings. The van der Waals surface area contributed by atoms with Crippen LogP contribution in [0.5, 0.6) is 0 Å². The number of carbonyl (C=O) groups excluding carboxylic acids is 1. The average Bonchev–Trinajstić information content (AvgIpc) is 1.99. The van der Waals surface area contributed by atoms with Gasteiger partial charge >= 0.3 is 12.1 Å². The molecule has 0 radical (unpaired) electrons. The van der Waals surface area contributed by atoms with E-state index < -0.39 is 23.6 Å². The molecule has 0 heterocycles. The highest BCUT2D eigenvalue weighted by Crippen LogP contribution is 2.32. The van der Waals surface area contributed by atoms with Gasteiger partial charge in [-0.05, 0) is 13.8 Å². The van der Waals surface area contributed by atoms with Gasteiger partial charge in [0.25, 0.3) is 0 Å². The Bertz CT molecular complexity index is 206. The van der Waals surface area contributed by atoms with Crippen LogP contribution in [-0.4, -0.2) is 25.3 Å². The maximum Gasteiger partial charge on any atom is 0.404 e. The molecular formula is C7H13ClF3NO2. The molecule has 0 unspecified atom stereocenters. The first-order chi connectivity index (χ1) is 5.64. The number of alkyl halides is 3. The van der Waals surface area contributed by atoms with E-state index in [1.165, 1.54) is 0 Å². The molecule has 0 saturated heterocycles. The third-order valence-corrected chi connectivity index (χ3v) is 1.84. The number of hydrogen-bond acceptors (Lipinski definition) is 3. The van der Waals surface area contributed by atoms with E-state index in [2.05, 4.69) is 4.74 Å². The summed E-state index contributed by atoms with van der Waals surface area (Å²) in [5, 5.41) is 0. The second kappa shape index (κ2) is 4.84. The van der Waals surface area contributed by atoms with Crippen LogP contribution >= 0.6 is 12.4 Å². The van der Waals surface area contributed by atoms with Gasteiger partial charge in [0.2, 0.25) is 0 Å². The average molecular weight is 236 g/mol. The van der Waals surface area contributed by atoms with Crippen molar-refractivity contribution >= 4 is 18.4 Å². The van der Waals surface area contributed by atoms with Crippen molar-refractivity contribution in [3.63, 3.8) is 0 Å². The van der Waals surface area contributed by atoms with E-state index in [9.17, 15) is 18.0 Å². The van der Waals surface area contributed by atoms with E-state index in [1.54, 1.807) is 0 Å². The molecular weight excluding hydrogens is 223 g/mol. The zero-order chi connectivity index (χ0) is 10.9. The zero-order valence-corrected chi connectivity index (χ0v) is 8.83. The molecule has 7 heteroatoms. The Balaban J connectivity index is 0. The van der Waals surface area contributed by atoms with Gasteiger partial charge in [-0.25, -0.2) is 0 Å². The Kier molecular flexibility index (Phi) is 5.51. The van der Waals surface area contributed by atoms with Crippen molar-refractivity contribution in [3.8, 4) is 0 Å². The lowest BCUT2D eigenvalue weighted by Gasteiger charge is -2.29. The predicted molar refractivity (Wildman–Crippen MR) is 47.1 cm³/mol. The summed E-state index contributed by atoms with van der Waals surface area (Å²) >= 11 is 0. The van der Waals surface area contributed by atoms with Gasteiger partial charge in [0.05, 0.1) is 12.5 Å². The van der Waals surface area contributed by atoms with Crippen LogP contribution in [0.2, 0.25) is 0 Å². The lowest BCUT2D eigenvalue weighted by molar-refractivity contribution is -0.186. The van der Waals surface area contributed by atoms with Crippen LogP contribution in [0.3, 0.4) is 0 Å². The smallest absolute Gasteiger partial charge is 0.404 e. The van der Waals surface area contributed by atoms with Crippen molar-refractivity contribution in [1.82, 2.24) is 0 Å². The number of hydrogen-bond donors (Lipinski definition) is 1. The minimum atomic E-state index is -4.60. The largest absolute Gasteiger partial charge is 0.469 e. The fraction of sp³-hybridized carbons (Fsp3) is 0.857.